The highest BCUT2D eigenvalue weighted by atomic mass is 16.5. The van der Waals surface area contributed by atoms with E-state index >= 15 is 0 Å². The van der Waals surface area contributed by atoms with Gasteiger partial charge in [0.2, 0.25) is 0 Å². The number of ether oxygens (including phenoxy) is 2. The Morgan fingerprint density at radius 2 is 1.22 bits per heavy atom. The average molecular weight is 431 g/mol. The van der Waals surface area contributed by atoms with Crippen LogP contribution in [0.15, 0.2) is 48.5 Å². The zero-order chi connectivity index (χ0) is 22.2. The van der Waals surface area contributed by atoms with Gasteiger partial charge in [0, 0.05) is 11.1 Å². The standard InChI is InChI=1S/C28H30O4/c29-27(23-7-3-1-4-8-23)32-26-19-15-22(16-20-26)12-11-21-13-17-24(18-14-21)28(30)31-25-9-5-2-6-10-25/h13-20,23,25H,1-10H2. The first-order valence-corrected chi connectivity index (χ1v) is 11.8. The van der Waals surface area contributed by atoms with Gasteiger partial charge in [0.05, 0.1) is 11.5 Å². The Morgan fingerprint density at radius 1 is 0.688 bits per heavy atom. The summed E-state index contributed by atoms with van der Waals surface area (Å²) in [4.78, 5) is 24.6. The Morgan fingerprint density at radius 3 is 1.81 bits per heavy atom. The second kappa shape index (κ2) is 11.0. The summed E-state index contributed by atoms with van der Waals surface area (Å²) in [6.45, 7) is 0. The molecular formula is C28H30O4. The third-order valence-electron chi connectivity index (χ3n) is 6.31. The fourth-order valence-electron chi connectivity index (χ4n) is 4.38. The number of hydrogen-bond donors (Lipinski definition) is 0. The molecule has 0 unspecified atom stereocenters. The number of rotatable bonds is 4. The van der Waals surface area contributed by atoms with Gasteiger partial charge >= 0.3 is 11.9 Å². The average Bonchev–Trinajstić information content (AvgIpc) is 2.85. The van der Waals surface area contributed by atoms with Crippen molar-refractivity contribution in [3.8, 4) is 17.6 Å². The molecule has 0 saturated heterocycles. The summed E-state index contributed by atoms with van der Waals surface area (Å²) in [5.41, 5.74) is 2.22. The molecule has 0 aliphatic heterocycles. The van der Waals surface area contributed by atoms with Crippen molar-refractivity contribution < 1.29 is 19.1 Å². The zero-order valence-corrected chi connectivity index (χ0v) is 18.5. The molecular weight excluding hydrogens is 400 g/mol. The summed E-state index contributed by atoms with van der Waals surface area (Å²) in [6, 6.07) is 14.5. The number of benzene rings is 2. The van der Waals surface area contributed by atoms with E-state index in [-0.39, 0.29) is 24.0 Å². The van der Waals surface area contributed by atoms with Crippen LogP contribution in [0.5, 0.6) is 5.75 Å². The molecule has 2 aromatic rings. The van der Waals surface area contributed by atoms with Crippen molar-refractivity contribution in [3.05, 3.63) is 65.2 Å². The van der Waals surface area contributed by atoms with Crippen LogP contribution >= 0.6 is 0 Å². The van der Waals surface area contributed by atoms with Crippen LogP contribution in [0.25, 0.3) is 0 Å². The molecule has 2 aliphatic carbocycles. The molecule has 0 aromatic heterocycles. The molecule has 32 heavy (non-hydrogen) atoms. The van der Waals surface area contributed by atoms with Gasteiger partial charge in [-0.05, 0) is 87.1 Å². The minimum absolute atomic E-state index is 0.0335. The van der Waals surface area contributed by atoms with E-state index < -0.39 is 0 Å². The maximum atomic E-state index is 12.3. The Labute approximate surface area is 190 Å². The molecule has 2 aliphatic rings. The SMILES string of the molecule is O=C(OC1CCCCC1)c1ccc(C#Cc2ccc(OC(=O)C3CCCCC3)cc2)cc1. The first kappa shape index (κ1) is 22.1. The van der Waals surface area contributed by atoms with Crippen LogP contribution in [0.1, 0.15) is 85.7 Å². The highest BCUT2D eigenvalue weighted by Crippen LogP contribution is 2.26. The monoisotopic (exact) mass is 430 g/mol. The van der Waals surface area contributed by atoms with Gasteiger partial charge in [-0.25, -0.2) is 4.79 Å². The Hall–Kier alpha value is -3.06. The number of esters is 2. The van der Waals surface area contributed by atoms with Crippen molar-refractivity contribution in [1.29, 1.82) is 0 Å². The van der Waals surface area contributed by atoms with E-state index in [9.17, 15) is 9.59 Å². The summed E-state index contributed by atoms with van der Waals surface area (Å²) < 4.78 is 11.1. The predicted molar refractivity (Wildman–Crippen MR) is 123 cm³/mol. The van der Waals surface area contributed by atoms with Crippen LogP contribution in [-0.4, -0.2) is 18.0 Å². The van der Waals surface area contributed by atoms with Crippen molar-refractivity contribution >= 4 is 11.9 Å². The first-order valence-electron chi connectivity index (χ1n) is 11.8. The molecule has 4 rings (SSSR count). The smallest absolute Gasteiger partial charge is 0.338 e. The van der Waals surface area contributed by atoms with E-state index in [1.807, 2.05) is 24.3 Å². The van der Waals surface area contributed by atoms with Gasteiger partial charge in [0.15, 0.2) is 0 Å². The van der Waals surface area contributed by atoms with Crippen molar-refractivity contribution in [3.63, 3.8) is 0 Å². The molecule has 2 saturated carbocycles. The maximum absolute atomic E-state index is 12.3. The van der Waals surface area contributed by atoms with Crippen LogP contribution in [0.2, 0.25) is 0 Å². The molecule has 2 fully saturated rings. The lowest BCUT2D eigenvalue weighted by Gasteiger charge is -2.21. The van der Waals surface area contributed by atoms with Crippen LogP contribution in [0, 0.1) is 17.8 Å². The maximum Gasteiger partial charge on any atom is 0.338 e. The van der Waals surface area contributed by atoms with Gasteiger partial charge in [-0.15, -0.1) is 0 Å². The zero-order valence-electron chi connectivity index (χ0n) is 18.5. The van der Waals surface area contributed by atoms with Crippen LogP contribution in [0.4, 0.5) is 0 Å². The molecule has 0 atom stereocenters. The van der Waals surface area contributed by atoms with Crippen molar-refractivity contribution in [2.75, 3.05) is 0 Å². The second-order valence-corrected chi connectivity index (χ2v) is 8.77. The second-order valence-electron chi connectivity index (χ2n) is 8.77. The lowest BCUT2D eigenvalue weighted by Crippen LogP contribution is -2.22. The molecule has 166 valence electrons. The highest BCUT2D eigenvalue weighted by Gasteiger charge is 2.23. The molecule has 0 amide bonds. The minimum atomic E-state index is -0.255. The van der Waals surface area contributed by atoms with Gasteiger partial charge in [0.25, 0.3) is 0 Å². The molecule has 0 bridgehead atoms. The van der Waals surface area contributed by atoms with Crippen LogP contribution in [-0.2, 0) is 9.53 Å². The van der Waals surface area contributed by atoms with E-state index in [0.29, 0.717) is 11.3 Å². The summed E-state index contributed by atoms with van der Waals surface area (Å²) in [5.74, 6) is 6.44. The van der Waals surface area contributed by atoms with Gasteiger partial charge in [0.1, 0.15) is 11.9 Å². The molecule has 0 spiro atoms. The van der Waals surface area contributed by atoms with E-state index in [4.69, 9.17) is 9.47 Å². The predicted octanol–water partition coefficient (Wildman–Crippen LogP) is 6.06. The fourth-order valence-corrected chi connectivity index (χ4v) is 4.38. The van der Waals surface area contributed by atoms with Gasteiger partial charge < -0.3 is 9.47 Å². The lowest BCUT2D eigenvalue weighted by molar-refractivity contribution is -0.139. The molecule has 4 heteroatoms. The number of carbonyl (C=O) groups is 2. The Balaban J connectivity index is 1.30. The van der Waals surface area contributed by atoms with Crippen molar-refractivity contribution in [1.82, 2.24) is 0 Å². The largest absolute Gasteiger partial charge is 0.459 e. The molecule has 4 nitrogen and oxygen atoms in total. The Bertz CT molecular complexity index is 967. The Kier molecular flexibility index (Phi) is 7.61. The normalized spacial score (nSPS) is 17.1. The first-order chi connectivity index (χ1) is 15.7. The van der Waals surface area contributed by atoms with Crippen LogP contribution < -0.4 is 4.74 Å². The van der Waals surface area contributed by atoms with Gasteiger partial charge in [-0.3, -0.25) is 4.79 Å². The highest BCUT2D eigenvalue weighted by molar-refractivity contribution is 5.89. The fraction of sp³-hybridized carbons (Fsp3) is 0.429. The van der Waals surface area contributed by atoms with E-state index in [0.717, 1.165) is 62.5 Å². The lowest BCUT2D eigenvalue weighted by atomic mass is 9.89. The summed E-state index contributed by atoms with van der Waals surface area (Å²) in [6.07, 6.45) is 10.8. The van der Waals surface area contributed by atoms with Crippen LogP contribution in [0.3, 0.4) is 0 Å². The van der Waals surface area contributed by atoms with E-state index in [1.54, 1.807) is 24.3 Å². The summed E-state index contributed by atoms with van der Waals surface area (Å²) in [7, 11) is 0. The summed E-state index contributed by atoms with van der Waals surface area (Å²) in [5, 5.41) is 0. The molecule has 0 heterocycles. The third kappa shape index (κ3) is 6.23. The molecule has 0 radical (unpaired) electrons. The third-order valence-corrected chi connectivity index (χ3v) is 6.31. The summed E-state index contributed by atoms with van der Waals surface area (Å²) >= 11 is 0. The number of hydrogen-bond acceptors (Lipinski definition) is 4. The van der Waals surface area contributed by atoms with Gasteiger partial charge in [-0.2, -0.15) is 0 Å². The van der Waals surface area contributed by atoms with E-state index in [2.05, 4.69) is 11.8 Å². The van der Waals surface area contributed by atoms with Crippen molar-refractivity contribution in [2.45, 2.75) is 70.3 Å². The topological polar surface area (TPSA) is 52.6 Å². The quantitative estimate of drug-likeness (QED) is 0.336. The molecule has 0 N–H and O–H groups in total. The minimum Gasteiger partial charge on any atom is -0.459 e. The van der Waals surface area contributed by atoms with Gasteiger partial charge in [-0.1, -0.05) is 37.5 Å². The number of carbonyl (C=O) groups excluding carboxylic acids is 2. The van der Waals surface area contributed by atoms with Crippen molar-refractivity contribution in [2.24, 2.45) is 5.92 Å². The van der Waals surface area contributed by atoms with E-state index in [1.165, 1.54) is 12.8 Å². The molecule has 2 aromatic carbocycles.